The molecule has 0 radical (unpaired) electrons. The highest BCUT2D eigenvalue weighted by Gasteiger charge is 2.12. The van der Waals surface area contributed by atoms with E-state index < -0.39 is 0 Å². The summed E-state index contributed by atoms with van der Waals surface area (Å²) >= 11 is 1.74. The lowest BCUT2D eigenvalue weighted by atomic mass is 10.1. The second-order valence-electron chi connectivity index (χ2n) is 7.33. The average Bonchev–Trinajstić information content (AvgIpc) is 3.24. The zero-order valence-electron chi connectivity index (χ0n) is 19.5. The number of aryl methyl sites for hydroxylation is 1. The molecule has 0 aliphatic heterocycles. The molecular formula is C27H31N5S. The summed E-state index contributed by atoms with van der Waals surface area (Å²) in [5, 5.41) is 11.0. The van der Waals surface area contributed by atoms with E-state index in [1.54, 1.807) is 17.8 Å². The number of rotatable bonds is 8. The van der Waals surface area contributed by atoms with Gasteiger partial charge in [0.25, 0.3) is 0 Å². The Labute approximate surface area is 200 Å². The highest BCUT2D eigenvalue weighted by atomic mass is 32.2. The van der Waals surface area contributed by atoms with Crippen molar-refractivity contribution in [2.24, 2.45) is 0 Å². The number of benzene rings is 2. The number of nitrogens with zero attached hydrogens (tertiary/aromatic N) is 3. The molecule has 4 aromatic rings. The molecular weight excluding hydrogens is 426 g/mol. The van der Waals surface area contributed by atoms with E-state index >= 15 is 0 Å². The minimum absolute atomic E-state index is 0.831. The number of fused-ring (bicyclic) bond motifs is 1. The number of likely N-dealkylation sites (N-methyl/N-ethyl adjacent to an activating group) is 1. The number of aromatic nitrogens is 3. The Kier molecular flexibility index (Phi) is 9.30. The monoisotopic (exact) mass is 457 g/mol. The third-order valence-corrected chi connectivity index (χ3v) is 5.73. The van der Waals surface area contributed by atoms with Crippen molar-refractivity contribution >= 4 is 29.3 Å². The molecule has 0 saturated heterocycles. The Balaban J connectivity index is 0.000000257. The van der Waals surface area contributed by atoms with E-state index in [4.69, 9.17) is 4.98 Å². The minimum Gasteiger partial charge on any atom is -0.369 e. The molecule has 2 N–H and O–H groups in total. The molecule has 0 fully saturated rings. The van der Waals surface area contributed by atoms with Crippen molar-refractivity contribution in [1.82, 2.24) is 19.9 Å². The van der Waals surface area contributed by atoms with E-state index in [0.29, 0.717) is 0 Å². The zero-order valence-corrected chi connectivity index (χ0v) is 20.3. The number of anilines is 1. The molecule has 0 bridgehead atoms. The molecule has 0 spiro atoms. The lowest BCUT2D eigenvalue weighted by molar-refractivity contribution is 0.813. The minimum atomic E-state index is 0.831. The fourth-order valence-corrected chi connectivity index (χ4v) is 3.86. The van der Waals surface area contributed by atoms with Crippen molar-refractivity contribution in [3.05, 3.63) is 96.7 Å². The zero-order chi connectivity index (χ0) is 23.5. The van der Waals surface area contributed by atoms with Crippen molar-refractivity contribution in [2.45, 2.75) is 11.8 Å². The smallest absolute Gasteiger partial charge is 0.160 e. The van der Waals surface area contributed by atoms with Crippen LogP contribution >= 0.6 is 11.8 Å². The summed E-state index contributed by atoms with van der Waals surface area (Å²) < 4.78 is 1.87. The Morgan fingerprint density at radius 1 is 1.06 bits per heavy atom. The highest BCUT2D eigenvalue weighted by Crippen LogP contribution is 2.31. The molecule has 0 amide bonds. The Hall–Kier alpha value is -3.35. The molecule has 0 aliphatic rings. The first-order chi connectivity index (χ1) is 16.2. The SMILES string of the molecule is C=C/C=C/c1ccccc1.CNCCNc1cc(-c2ccccc2SC)nc2c(C)cnn12. The fourth-order valence-electron chi connectivity index (χ4n) is 3.25. The summed E-state index contributed by atoms with van der Waals surface area (Å²) in [6, 6.07) is 20.6. The summed E-state index contributed by atoms with van der Waals surface area (Å²) in [6.07, 6.45) is 9.67. The Morgan fingerprint density at radius 3 is 2.55 bits per heavy atom. The van der Waals surface area contributed by atoms with Gasteiger partial charge in [-0.2, -0.15) is 9.61 Å². The Morgan fingerprint density at radius 2 is 1.82 bits per heavy atom. The van der Waals surface area contributed by atoms with Gasteiger partial charge in [-0.3, -0.25) is 0 Å². The van der Waals surface area contributed by atoms with Gasteiger partial charge in [-0.05, 0) is 31.9 Å². The van der Waals surface area contributed by atoms with E-state index in [1.807, 2.05) is 55.0 Å². The second-order valence-corrected chi connectivity index (χ2v) is 8.17. The molecule has 0 saturated carbocycles. The molecule has 2 heterocycles. The fraction of sp³-hybridized carbons (Fsp3) is 0.185. The van der Waals surface area contributed by atoms with Gasteiger partial charge in [0.2, 0.25) is 0 Å². The number of nitrogens with one attached hydrogen (secondary N) is 2. The number of allylic oxidation sites excluding steroid dienone is 2. The summed E-state index contributed by atoms with van der Waals surface area (Å²) in [5.41, 5.74) is 5.30. The van der Waals surface area contributed by atoms with Gasteiger partial charge in [0.1, 0.15) is 5.82 Å². The maximum atomic E-state index is 4.83. The van der Waals surface area contributed by atoms with Gasteiger partial charge in [-0.15, -0.1) is 11.8 Å². The normalized spacial score (nSPS) is 10.8. The average molecular weight is 458 g/mol. The topological polar surface area (TPSA) is 54.2 Å². The van der Waals surface area contributed by atoms with Gasteiger partial charge in [-0.25, -0.2) is 4.98 Å². The molecule has 0 unspecified atom stereocenters. The van der Waals surface area contributed by atoms with Crippen LogP contribution in [0.4, 0.5) is 5.82 Å². The first-order valence-corrected chi connectivity index (χ1v) is 12.1. The third kappa shape index (κ3) is 6.57. The highest BCUT2D eigenvalue weighted by molar-refractivity contribution is 7.98. The lowest BCUT2D eigenvalue weighted by Crippen LogP contribution is -2.19. The predicted molar refractivity (Wildman–Crippen MR) is 143 cm³/mol. The van der Waals surface area contributed by atoms with E-state index in [0.717, 1.165) is 41.4 Å². The lowest BCUT2D eigenvalue weighted by Gasteiger charge is -2.12. The maximum Gasteiger partial charge on any atom is 0.160 e. The molecule has 0 atom stereocenters. The van der Waals surface area contributed by atoms with Gasteiger partial charge < -0.3 is 10.6 Å². The van der Waals surface area contributed by atoms with Crippen molar-refractivity contribution < 1.29 is 0 Å². The largest absolute Gasteiger partial charge is 0.369 e. The van der Waals surface area contributed by atoms with Gasteiger partial charge in [0.05, 0.1) is 11.9 Å². The molecule has 5 nitrogen and oxygen atoms in total. The Bertz CT molecular complexity index is 1200. The van der Waals surface area contributed by atoms with Crippen LogP contribution in [0.2, 0.25) is 0 Å². The summed E-state index contributed by atoms with van der Waals surface area (Å²) in [4.78, 5) is 6.06. The summed E-state index contributed by atoms with van der Waals surface area (Å²) in [5.74, 6) is 0.962. The van der Waals surface area contributed by atoms with Crippen molar-refractivity contribution in [3.63, 3.8) is 0 Å². The molecule has 2 aromatic carbocycles. The van der Waals surface area contributed by atoms with Crippen LogP contribution < -0.4 is 10.6 Å². The van der Waals surface area contributed by atoms with E-state index in [2.05, 4.69) is 71.0 Å². The first kappa shape index (κ1) is 24.3. The van der Waals surface area contributed by atoms with Gasteiger partial charge in [0, 0.05) is 35.2 Å². The van der Waals surface area contributed by atoms with Crippen LogP contribution in [0.15, 0.2) is 90.5 Å². The standard InChI is InChI=1S/C17H21N5S.C10H10/c1-12-11-20-22-16(19-9-8-18-2)10-14(21-17(12)22)13-6-4-5-7-15(13)23-3;1-2-3-7-10-8-5-4-6-9-10/h4-7,10-11,18-19H,8-9H2,1-3H3;2-9H,1H2/b;7-3+. The summed E-state index contributed by atoms with van der Waals surface area (Å²) in [7, 11) is 1.95. The van der Waals surface area contributed by atoms with E-state index in [1.165, 1.54) is 10.5 Å². The van der Waals surface area contributed by atoms with Gasteiger partial charge in [0.15, 0.2) is 5.65 Å². The van der Waals surface area contributed by atoms with Crippen LogP contribution in [0.25, 0.3) is 23.0 Å². The number of hydrogen-bond acceptors (Lipinski definition) is 5. The van der Waals surface area contributed by atoms with Crippen LogP contribution in [0, 0.1) is 6.92 Å². The molecule has 6 heteroatoms. The van der Waals surface area contributed by atoms with Crippen molar-refractivity contribution in [2.75, 3.05) is 31.7 Å². The van der Waals surface area contributed by atoms with E-state index in [9.17, 15) is 0 Å². The molecule has 2 aromatic heterocycles. The van der Waals surface area contributed by atoms with Crippen molar-refractivity contribution in [1.29, 1.82) is 0 Å². The maximum absolute atomic E-state index is 4.83. The van der Waals surface area contributed by atoms with Crippen molar-refractivity contribution in [3.8, 4) is 11.3 Å². The molecule has 0 aliphatic carbocycles. The predicted octanol–water partition coefficient (Wildman–Crippen LogP) is 5.94. The quantitative estimate of drug-likeness (QED) is 0.195. The van der Waals surface area contributed by atoms with Gasteiger partial charge >= 0.3 is 0 Å². The van der Waals surface area contributed by atoms with E-state index in [-0.39, 0.29) is 0 Å². The van der Waals surface area contributed by atoms with Crippen LogP contribution in [0.5, 0.6) is 0 Å². The van der Waals surface area contributed by atoms with Gasteiger partial charge in [-0.1, -0.05) is 73.3 Å². The van der Waals surface area contributed by atoms with Crippen LogP contribution in [0.1, 0.15) is 11.1 Å². The summed E-state index contributed by atoms with van der Waals surface area (Å²) in [6.45, 7) is 7.35. The number of hydrogen-bond donors (Lipinski definition) is 2. The molecule has 33 heavy (non-hydrogen) atoms. The molecule has 4 rings (SSSR count). The first-order valence-electron chi connectivity index (χ1n) is 10.9. The van der Waals surface area contributed by atoms with Crippen LogP contribution in [0.3, 0.4) is 0 Å². The molecule has 170 valence electrons. The second kappa shape index (κ2) is 12.6. The number of thioether (sulfide) groups is 1. The van der Waals surface area contributed by atoms with Crippen LogP contribution in [-0.2, 0) is 0 Å². The third-order valence-electron chi connectivity index (χ3n) is 4.94. The van der Waals surface area contributed by atoms with Crippen LogP contribution in [-0.4, -0.2) is 41.0 Å².